The Morgan fingerprint density at radius 2 is 0.961 bits per heavy atom. The summed E-state index contributed by atoms with van der Waals surface area (Å²) in [5.41, 5.74) is 4.51. The fourth-order valence-corrected chi connectivity index (χ4v) is 9.96. The first-order chi connectivity index (χ1) is 37.7. The molecule has 77 heavy (non-hydrogen) atoms. The minimum absolute atomic E-state index is 0.00215. The molecule has 1 amide bonds. The number of carbonyl (C=O) groups excluding carboxylic acids is 4. The van der Waals surface area contributed by atoms with Crippen molar-refractivity contribution >= 4 is 23.6 Å². The number of esters is 2. The molecule has 388 valence electrons. The van der Waals surface area contributed by atoms with Gasteiger partial charge in [-0.2, -0.15) is 0 Å². The Morgan fingerprint density at radius 1 is 0.481 bits per heavy atom. The third kappa shape index (κ3) is 12.8. The summed E-state index contributed by atoms with van der Waals surface area (Å²) in [5.74, 6) is -1.68. The van der Waals surface area contributed by atoms with Crippen LogP contribution in [0.1, 0.15) is 94.1 Å². The molecule has 12 nitrogen and oxygen atoms in total. The van der Waals surface area contributed by atoms with Crippen molar-refractivity contribution in [2.24, 2.45) is 0 Å². The van der Waals surface area contributed by atoms with Crippen LogP contribution in [0.4, 0.5) is 0 Å². The molecule has 2 bridgehead atoms. The van der Waals surface area contributed by atoms with E-state index in [0.717, 1.165) is 40.7 Å². The molecule has 8 aromatic rings. The van der Waals surface area contributed by atoms with Gasteiger partial charge < -0.3 is 33.7 Å². The van der Waals surface area contributed by atoms with Crippen molar-refractivity contribution in [3.8, 4) is 23.0 Å². The Morgan fingerprint density at radius 3 is 1.48 bits per heavy atom. The average molecular weight is 1030 g/mol. The van der Waals surface area contributed by atoms with Crippen molar-refractivity contribution in [3.05, 3.63) is 262 Å². The number of likely N-dealkylation sites (N-methyl/N-ethyl adjacent to an activating group) is 1. The molecule has 2 aliphatic rings. The minimum Gasteiger partial charge on any atom is -0.489 e. The SMILES string of the molecule is CN1C2CCC1C(NC(=O)c1ccc(OCc3ccccc3)cc1)C(OC(=O)c1cc(OCc3ccccc3)c(C(=O)c3c(OCc4ccccc4)cccc3C(=O)OCc3ccccc3)c(OCc3ccccc3)c1)C2. The van der Waals surface area contributed by atoms with Gasteiger partial charge in [0.1, 0.15) is 67.7 Å². The van der Waals surface area contributed by atoms with Gasteiger partial charge in [0.2, 0.25) is 5.78 Å². The maximum Gasteiger partial charge on any atom is 0.339 e. The van der Waals surface area contributed by atoms with Gasteiger partial charge in [0.15, 0.2) is 0 Å². The Balaban J connectivity index is 0.997. The zero-order valence-electron chi connectivity index (χ0n) is 42.6. The van der Waals surface area contributed by atoms with Gasteiger partial charge in [-0.05, 0) is 96.2 Å². The van der Waals surface area contributed by atoms with Gasteiger partial charge in [0.25, 0.3) is 5.91 Å². The summed E-state index contributed by atoms with van der Waals surface area (Å²) in [4.78, 5) is 61.3. The smallest absolute Gasteiger partial charge is 0.339 e. The van der Waals surface area contributed by atoms with Crippen molar-refractivity contribution in [2.45, 2.75) is 76.5 Å². The van der Waals surface area contributed by atoms with Crippen molar-refractivity contribution in [2.75, 3.05) is 7.05 Å². The summed E-state index contributed by atoms with van der Waals surface area (Å²) in [5, 5.41) is 3.24. The van der Waals surface area contributed by atoms with Crippen LogP contribution in [0, 0.1) is 0 Å². The number of rotatable bonds is 21. The van der Waals surface area contributed by atoms with Gasteiger partial charge >= 0.3 is 11.9 Å². The molecule has 4 unspecified atom stereocenters. The van der Waals surface area contributed by atoms with Crippen LogP contribution < -0.4 is 24.3 Å². The largest absolute Gasteiger partial charge is 0.489 e. The highest BCUT2D eigenvalue weighted by molar-refractivity contribution is 6.19. The number of ketones is 1. The zero-order chi connectivity index (χ0) is 52.9. The maximum atomic E-state index is 15.8. The molecule has 0 aromatic heterocycles. The van der Waals surface area contributed by atoms with Crippen molar-refractivity contribution in [3.63, 3.8) is 0 Å². The normalized spacial score (nSPS) is 16.6. The summed E-state index contributed by atoms with van der Waals surface area (Å²) in [6.45, 7) is 0.435. The van der Waals surface area contributed by atoms with Crippen molar-refractivity contribution < 1.29 is 47.6 Å². The van der Waals surface area contributed by atoms with Gasteiger partial charge in [-0.25, -0.2) is 9.59 Å². The molecular formula is C65H58N2O10. The Bertz CT molecular complexity index is 3220. The predicted octanol–water partition coefficient (Wildman–Crippen LogP) is 11.8. The quantitative estimate of drug-likeness (QED) is 0.0543. The predicted molar refractivity (Wildman–Crippen MR) is 291 cm³/mol. The fourth-order valence-electron chi connectivity index (χ4n) is 9.96. The van der Waals surface area contributed by atoms with Crippen LogP contribution in [0.3, 0.4) is 0 Å². The second-order valence-corrected chi connectivity index (χ2v) is 19.2. The molecule has 0 saturated carbocycles. The molecule has 2 saturated heterocycles. The van der Waals surface area contributed by atoms with Crippen LogP contribution in [-0.2, 0) is 42.5 Å². The van der Waals surface area contributed by atoms with Crippen molar-refractivity contribution in [1.82, 2.24) is 10.2 Å². The second kappa shape index (κ2) is 24.6. The van der Waals surface area contributed by atoms with E-state index < -0.39 is 29.9 Å². The van der Waals surface area contributed by atoms with E-state index in [1.807, 2.05) is 159 Å². The van der Waals surface area contributed by atoms with Crippen LogP contribution >= 0.6 is 0 Å². The number of nitrogens with one attached hydrogen (secondary N) is 1. The third-order valence-corrected chi connectivity index (χ3v) is 14.1. The molecule has 2 aliphatic heterocycles. The molecule has 2 fully saturated rings. The Hall–Kier alpha value is -9.00. The van der Waals surface area contributed by atoms with E-state index in [0.29, 0.717) is 24.3 Å². The highest BCUT2D eigenvalue weighted by atomic mass is 16.5. The lowest BCUT2D eigenvalue weighted by molar-refractivity contribution is -0.0182. The van der Waals surface area contributed by atoms with E-state index in [-0.39, 0.29) is 83.9 Å². The second-order valence-electron chi connectivity index (χ2n) is 19.2. The van der Waals surface area contributed by atoms with Crippen LogP contribution in [0.25, 0.3) is 0 Å². The Kier molecular flexibility index (Phi) is 16.4. The lowest BCUT2D eigenvalue weighted by atomic mass is 9.93. The summed E-state index contributed by atoms with van der Waals surface area (Å²) in [7, 11) is 2.04. The molecule has 8 aromatic carbocycles. The third-order valence-electron chi connectivity index (χ3n) is 14.1. The van der Waals surface area contributed by atoms with Gasteiger partial charge in [-0.1, -0.05) is 158 Å². The van der Waals surface area contributed by atoms with E-state index >= 15 is 4.79 Å². The minimum atomic E-state index is -0.750. The molecule has 12 heteroatoms. The highest BCUT2D eigenvalue weighted by Crippen LogP contribution is 2.40. The fraction of sp³-hybridized carbons (Fsp3) is 0.200. The Labute approximate surface area is 448 Å². The van der Waals surface area contributed by atoms with Gasteiger partial charge in [-0.15, -0.1) is 0 Å². The first kappa shape index (κ1) is 51.5. The number of nitrogens with zero attached hydrogens (tertiary/aromatic N) is 1. The number of hydrogen-bond donors (Lipinski definition) is 1. The molecule has 4 atom stereocenters. The number of carbonyl (C=O) groups is 4. The molecule has 1 N–H and O–H groups in total. The topological polar surface area (TPSA) is 139 Å². The van der Waals surface area contributed by atoms with E-state index in [1.54, 1.807) is 36.4 Å². The average Bonchev–Trinajstić information content (AvgIpc) is 3.77. The van der Waals surface area contributed by atoms with Crippen molar-refractivity contribution in [1.29, 1.82) is 0 Å². The van der Waals surface area contributed by atoms with E-state index in [2.05, 4.69) is 10.2 Å². The first-order valence-electron chi connectivity index (χ1n) is 25.8. The number of hydrogen-bond acceptors (Lipinski definition) is 11. The molecule has 10 rings (SSSR count). The molecular weight excluding hydrogens is 969 g/mol. The maximum absolute atomic E-state index is 15.8. The number of amides is 1. The van der Waals surface area contributed by atoms with Crippen LogP contribution in [0.15, 0.2) is 206 Å². The number of fused-ring (bicyclic) bond motifs is 2. The molecule has 2 heterocycles. The number of piperidine rings is 1. The number of benzene rings is 8. The molecule has 0 radical (unpaired) electrons. The summed E-state index contributed by atoms with van der Waals surface area (Å²) in [6, 6.07) is 61.6. The lowest BCUT2D eigenvalue weighted by Gasteiger charge is -2.42. The highest BCUT2D eigenvalue weighted by Gasteiger charge is 2.48. The summed E-state index contributed by atoms with van der Waals surface area (Å²) >= 11 is 0. The number of ether oxygens (including phenoxy) is 6. The van der Waals surface area contributed by atoms with E-state index in [9.17, 15) is 14.4 Å². The van der Waals surface area contributed by atoms with Gasteiger partial charge in [-0.3, -0.25) is 14.5 Å². The van der Waals surface area contributed by atoms with Crippen LogP contribution in [-0.4, -0.2) is 59.8 Å². The van der Waals surface area contributed by atoms with Crippen LogP contribution in [0.5, 0.6) is 23.0 Å². The monoisotopic (exact) mass is 1030 g/mol. The standard InChI is InChI=1S/C65H58N2O10/c1-67-51-32-35-54(67)61(66-63(69)49-30-33-52(34-31-49)72-39-44-18-7-2-8-19-44)58(38-51)77-64(70)50-36-56(74-41-46-22-11-4-12-23-46)60(57(37-50)75-42-47-24-13-5-14-25-47)62(68)59-53(65(71)76-43-48-26-15-6-16-27-48)28-17-29-55(59)73-40-45-20-9-3-10-21-45/h2-31,33-34,36-37,51,54,58,61H,32,35,38-43H2,1H3,(H,66,69). The van der Waals surface area contributed by atoms with Gasteiger partial charge in [0.05, 0.1) is 22.7 Å². The molecule has 0 aliphatic carbocycles. The lowest BCUT2D eigenvalue weighted by Crippen LogP contribution is -2.60. The zero-order valence-corrected chi connectivity index (χ0v) is 42.6. The van der Waals surface area contributed by atoms with E-state index in [1.165, 1.54) is 18.2 Å². The van der Waals surface area contributed by atoms with Crippen LogP contribution in [0.2, 0.25) is 0 Å². The summed E-state index contributed by atoms with van der Waals surface area (Å²) in [6.07, 6.45) is 1.44. The first-order valence-corrected chi connectivity index (χ1v) is 25.8. The van der Waals surface area contributed by atoms with Gasteiger partial charge in [0, 0.05) is 24.1 Å². The summed E-state index contributed by atoms with van der Waals surface area (Å²) < 4.78 is 38.0. The molecule has 0 spiro atoms. The van der Waals surface area contributed by atoms with E-state index in [4.69, 9.17) is 28.4 Å².